The molecule has 0 radical (unpaired) electrons. The Labute approximate surface area is 93.3 Å². The average molecular weight is 445 g/mol. The van der Waals surface area contributed by atoms with E-state index in [0.29, 0.717) is 17.0 Å². The molecule has 1 aliphatic rings. The van der Waals surface area contributed by atoms with Crippen molar-refractivity contribution in [1.29, 1.82) is 0 Å². The second-order valence-corrected chi connectivity index (χ2v) is 18.3. The number of allylic oxidation sites excluding steroid dienone is 1. The van der Waals surface area contributed by atoms with Gasteiger partial charge in [-0.15, -0.1) is 0 Å². The first-order valence-corrected chi connectivity index (χ1v) is 15.6. The summed E-state index contributed by atoms with van der Waals surface area (Å²) in [5, 5.41) is 0. The van der Waals surface area contributed by atoms with Gasteiger partial charge in [0, 0.05) is 0 Å². The van der Waals surface area contributed by atoms with E-state index in [9.17, 15) is 0 Å². The molecular formula is C3H3Cl2Sb2Zr. The van der Waals surface area contributed by atoms with Crippen molar-refractivity contribution in [3.8, 4) is 0 Å². The van der Waals surface area contributed by atoms with Crippen molar-refractivity contribution < 1.29 is 49.5 Å². The van der Waals surface area contributed by atoms with Crippen molar-refractivity contribution in [1.82, 2.24) is 0 Å². The minimum absolute atomic E-state index is 0. The summed E-state index contributed by atoms with van der Waals surface area (Å²) in [6, 6.07) is 0. The van der Waals surface area contributed by atoms with Gasteiger partial charge >= 0.3 is 70.5 Å². The fourth-order valence-electron chi connectivity index (χ4n) is 0.260. The number of hydrogen-bond acceptors (Lipinski definition) is 0. The predicted octanol–water partition coefficient (Wildman–Crippen LogP) is -6.75. The van der Waals surface area contributed by atoms with Crippen LogP contribution in [0.1, 0.15) is 0 Å². The van der Waals surface area contributed by atoms with Gasteiger partial charge in [-0.2, -0.15) is 0 Å². The van der Waals surface area contributed by atoms with E-state index in [4.69, 9.17) is 0 Å². The fraction of sp³-hybridized carbons (Fsp3) is 0. The van der Waals surface area contributed by atoms with Crippen molar-refractivity contribution in [2.75, 3.05) is 0 Å². The quantitative estimate of drug-likeness (QED) is 0.326. The molecule has 0 aromatic carbocycles. The number of rotatable bonds is 0. The van der Waals surface area contributed by atoms with Gasteiger partial charge in [-0.1, -0.05) is 0 Å². The van der Waals surface area contributed by atoms with Crippen LogP contribution in [0.25, 0.3) is 0 Å². The van der Waals surface area contributed by atoms with Gasteiger partial charge in [0.25, 0.3) is 0 Å². The Kier molecular flexibility index (Phi) is 13.0. The zero-order valence-corrected chi connectivity index (χ0v) is 13.2. The van der Waals surface area contributed by atoms with Crippen LogP contribution >= 0.6 is 0 Å². The van der Waals surface area contributed by atoms with Crippen LogP contribution in [0.3, 0.4) is 0 Å². The van der Waals surface area contributed by atoms with Gasteiger partial charge in [-0.25, -0.2) is 0 Å². The van der Waals surface area contributed by atoms with E-state index >= 15 is 0 Å². The van der Waals surface area contributed by atoms with E-state index < -0.39 is 0 Å². The molecular weight excluding hydrogens is 442 g/mol. The minimum atomic E-state index is 0. The zero-order valence-electron chi connectivity index (χ0n) is 3.86. The molecule has 0 N–H and O–H groups in total. The second-order valence-electron chi connectivity index (χ2n) is 0.959. The first kappa shape index (κ1) is 13.3. The maximum atomic E-state index is 2.48. The average Bonchev–Trinajstić information content (AvgIpc) is 1.86. The van der Waals surface area contributed by atoms with Crippen molar-refractivity contribution in [3.63, 3.8) is 0 Å². The molecule has 0 aliphatic carbocycles. The zero-order chi connectivity index (χ0) is 4.41. The molecule has 5 heteroatoms. The van der Waals surface area contributed by atoms with E-state index in [1.165, 1.54) is 0 Å². The van der Waals surface area contributed by atoms with Gasteiger partial charge in [0.15, 0.2) is 0 Å². The monoisotopic (exact) mass is 441 g/mol. The number of hydrogen-bond donors (Lipinski definition) is 0. The molecule has 0 amide bonds. The normalized spacial score (nSPS) is 14.0. The Hall–Kier alpha value is 2.71. The van der Waals surface area contributed by atoms with Crippen molar-refractivity contribution in [2.45, 2.75) is 0 Å². The van der Waals surface area contributed by atoms with Crippen LogP contribution in [0.4, 0.5) is 0 Å². The molecule has 1 heterocycles. The van der Waals surface area contributed by atoms with Crippen molar-refractivity contribution in [3.05, 3.63) is 10.1 Å². The van der Waals surface area contributed by atoms with E-state index in [1.54, 1.807) is 24.7 Å². The van der Waals surface area contributed by atoms with E-state index in [1.807, 2.05) is 1.16 Å². The van der Waals surface area contributed by atoms with Crippen LogP contribution in [0, 0.1) is 0 Å². The summed E-state index contributed by atoms with van der Waals surface area (Å²) in [4.78, 5) is 0. The molecule has 1 rings (SSSR count). The molecule has 0 saturated heterocycles. The summed E-state index contributed by atoms with van der Waals surface area (Å²) >= 11 is 2.33. The first-order valence-electron chi connectivity index (χ1n) is 1.61. The third-order valence-electron chi connectivity index (χ3n) is 0.501. The third-order valence-corrected chi connectivity index (χ3v) is 25.6. The first-order chi connectivity index (χ1) is 2.89. The fourth-order valence-corrected chi connectivity index (χ4v) is 18.6. The Morgan fingerprint density at radius 1 is 1.50 bits per heavy atom. The topological polar surface area (TPSA) is 0 Å². The molecule has 0 bridgehead atoms. The molecule has 0 fully saturated rings. The molecule has 0 nitrogen and oxygen atoms in total. The third kappa shape index (κ3) is 5.49. The molecule has 0 saturated carbocycles. The SMILES string of the molecule is [Cl-].[Cl-].[Zr+2][C]1=[Sb][SbH][CH]=C1. The summed E-state index contributed by atoms with van der Waals surface area (Å²) in [5.41, 5.74) is 0. The van der Waals surface area contributed by atoms with E-state index in [-0.39, 0.29) is 42.3 Å². The maximum absolute atomic E-state index is 2.48. The van der Waals surface area contributed by atoms with Gasteiger partial charge in [-0.3, -0.25) is 0 Å². The van der Waals surface area contributed by atoms with Gasteiger partial charge < -0.3 is 24.8 Å². The summed E-state index contributed by atoms with van der Waals surface area (Å²) in [6.45, 7) is 0. The Morgan fingerprint density at radius 3 is 2.25 bits per heavy atom. The summed E-state index contributed by atoms with van der Waals surface area (Å²) in [7, 11) is 0. The predicted molar refractivity (Wildman–Crippen MR) is 27.0 cm³/mol. The van der Waals surface area contributed by atoms with E-state index in [0.717, 1.165) is 0 Å². The molecule has 0 aromatic rings. The van der Waals surface area contributed by atoms with Crippen LogP contribution in [0.5, 0.6) is 0 Å². The van der Waals surface area contributed by atoms with Gasteiger partial charge in [0.2, 0.25) is 0 Å². The van der Waals surface area contributed by atoms with Crippen molar-refractivity contribution in [2.24, 2.45) is 0 Å². The van der Waals surface area contributed by atoms with Gasteiger partial charge in [-0.05, 0) is 0 Å². The molecule has 0 atom stereocenters. The van der Waals surface area contributed by atoms with Crippen LogP contribution in [0.2, 0.25) is 0 Å². The molecule has 8 heavy (non-hydrogen) atoms. The molecule has 1 aliphatic heterocycles. The van der Waals surface area contributed by atoms with Crippen molar-refractivity contribution >= 4 is 35.6 Å². The van der Waals surface area contributed by atoms with Crippen LogP contribution < -0.4 is 24.8 Å². The second kappa shape index (κ2) is 7.81. The van der Waals surface area contributed by atoms with Gasteiger partial charge in [0.1, 0.15) is 0 Å². The summed E-state index contributed by atoms with van der Waals surface area (Å²) < 4.78 is 4.32. The number of halogens is 2. The van der Waals surface area contributed by atoms with E-state index in [2.05, 4.69) is 10.1 Å². The Balaban J connectivity index is 0. The Bertz CT molecular complexity index is 109. The van der Waals surface area contributed by atoms with Crippen LogP contribution in [0.15, 0.2) is 10.1 Å². The molecule has 0 spiro atoms. The molecule has 0 aromatic heterocycles. The molecule has 43 valence electrons. The van der Waals surface area contributed by atoms with Crippen LogP contribution in [-0.2, 0) is 24.7 Å². The molecule has 0 unspecified atom stereocenters. The van der Waals surface area contributed by atoms with Gasteiger partial charge in [0.05, 0.1) is 0 Å². The summed E-state index contributed by atoms with van der Waals surface area (Å²) in [5.74, 6) is 0. The standard InChI is InChI=1S/C3H2.2ClH.2Sb.Zr.H/c1-3-2;;;;;;/h1,3H;2*1H;;;;/q;;;;;+2;/p-2. The van der Waals surface area contributed by atoms with Crippen LogP contribution in [-0.4, -0.2) is 35.6 Å². The Morgan fingerprint density at radius 2 is 2.12 bits per heavy atom. The summed E-state index contributed by atoms with van der Waals surface area (Å²) in [6.07, 6.45) is 2.38.